The Balaban J connectivity index is 1.39. The lowest BCUT2D eigenvalue weighted by atomic mass is 9.33. The number of nitrogens with zero attached hydrogens (tertiary/aromatic N) is 3. The van der Waals surface area contributed by atoms with Crippen LogP contribution >= 0.6 is 0 Å². The highest BCUT2D eigenvalue weighted by molar-refractivity contribution is 7.00. The van der Waals surface area contributed by atoms with Gasteiger partial charge in [0, 0.05) is 61.8 Å². The van der Waals surface area contributed by atoms with Crippen molar-refractivity contribution in [2.24, 2.45) is 0 Å². The van der Waals surface area contributed by atoms with Crippen molar-refractivity contribution in [3.63, 3.8) is 0 Å². The van der Waals surface area contributed by atoms with Crippen LogP contribution in [0.15, 0.2) is 158 Å². The molecule has 0 aliphatic carbocycles. The molecule has 1 aromatic heterocycles. The molecule has 3 nitrogen and oxygen atoms in total. The molecule has 11 rings (SSSR count). The fourth-order valence-corrected chi connectivity index (χ4v) is 14.0. The Morgan fingerprint density at radius 3 is 0.928 bits per heavy atom. The number of fused-ring (bicyclic) bond motifs is 4. The van der Waals surface area contributed by atoms with E-state index in [2.05, 4.69) is 375 Å². The van der Waals surface area contributed by atoms with Gasteiger partial charge in [0.1, 0.15) is 0 Å². The van der Waals surface area contributed by atoms with Gasteiger partial charge in [0.05, 0.1) is 5.69 Å². The van der Waals surface area contributed by atoms with Crippen LogP contribution in [0.2, 0.25) is 0 Å². The third-order valence-electron chi connectivity index (χ3n) is 20.8. The molecule has 4 heteroatoms. The van der Waals surface area contributed by atoms with E-state index in [0.717, 1.165) is 11.4 Å². The lowest BCUT2D eigenvalue weighted by Crippen LogP contribution is -2.61. The van der Waals surface area contributed by atoms with Crippen LogP contribution in [-0.2, 0) is 54.1 Å². The van der Waals surface area contributed by atoms with E-state index in [1.54, 1.807) is 0 Å². The zero-order chi connectivity index (χ0) is 71.4. The maximum atomic E-state index is 5.58. The first-order valence-electron chi connectivity index (χ1n) is 36.2. The van der Waals surface area contributed by atoms with E-state index in [9.17, 15) is 0 Å². The molecule has 0 spiro atoms. The molecule has 0 radical (unpaired) electrons. The average Bonchev–Trinajstić information content (AvgIpc) is 0.689. The Morgan fingerprint density at radius 1 is 0.247 bits per heavy atom. The number of hydrogen-bond donors (Lipinski definition) is 0. The third kappa shape index (κ3) is 13.9. The Morgan fingerprint density at radius 2 is 0.567 bits per heavy atom. The monoisotopic (exact) mass is 1290 g/mol. The number of anilines is 6. The Bertz CT molecular complexity index is 4410. The Labute approximate surface area is 588 Å². The van der Waals surface area contributed by atoms with Crippen LogP contribution in [0.5, 0.6) is 0 Å². The van der Waals surface area contributed by atoms with Gasteiger partial charge in [-0.3, -0.25) is 4.98 Å². The first-order chi connectivity index (χ1) is 44.4. The highest BCUT2D eigenvalue weighted by atomic mass is 15.2. The number of rotatable bonds is 6. The zero-order valence-electron chi connectivity index (χ0n) is 65.4. The van der Waals surface area contributed by atoms with Gasteiger partial charge >= 0.3 is 0 Å². The van der Waals surface area contributed by atoms with Gasteiger partial charge in [-0.15, -0.1) is 0 Å². The van der Waals surface area contributed by atoms with Gasteiger partial charge in [-0.1, -0.05) is 305 Å². The molecule has 0 amide bonds. The summed E-state index contributed by atoms with van der Waals surface area (Å²) in [5.74, 6) is 0. The maximum absolute atomic E-state index is 5.58. The highest BCUT2D eigenvalue weighted by Crippen LogP contribution is 2.54. The van der Waals surface area contributed by atoms with Crippen molar-refractivity contribution in [1.82, 2.24) is 4.98 Å². The first kappa shape index (κ1) is 70.9. The van der Waals surface area contributed by atoms with Crippen LogP contribution in [0.4, 0.5) is 34.1 Å². The van der Waals surface area contributed by atoms with Crippen molar-refractivity contribution in [1.29, 1.82) is 0 Å². The summed E-state index contributed by atoms with van der Waals surface area (Å²) < 4.78 is 0. The summed E-state index contributed by atoms with van der Waals surface area (Å²) in [6.07, 6.45) is 0. The van der Waals surface area contributed by atoms with E-state index in [1.807, 2.05) is 0 Å². The van der Waals surface area contributed by atoms with Crippen molar-refractivity contribution < 1.29 is 0 Å². The second-order valence-corrected chi connectivity index (χ2v) is 39.4. The van der Waals surface area contributed by atoms with E-state index >= 15 is 0 Å². The SMILES string of the molecule is CC(C)(C)c1cc(-c2ccc3c(c2)N(c2cc(C(C)(C)C)cc(C(C)(C)C)c2)c2cc(C(C)(C)C)cc4c2B3c2ccc(-c3cc(C(C)(C)C)cc(C(C)(C)C)c3)cc2N4c2c(-c3ccccc3)cc(C(C)(C)C)cc2-c2cc(C(C)(C)C)nc(C(C)(C)C)c2)cc(C(C)(C)C)c1. The summed E-state index contributed by atoms with van der Waals surface area (Å²) in [5.41, 5.74) is 32.0. The molecule has 0 bridgehead atoms. The predicted octanol–water partition coefficient (Wildman–Crippen LogP) is 24.8. The summed E-state index contributed by atoms with van der Waals surface area (Å²) in [4.78, 5) is 11.1. The standard InChI is InChI=1S/C93H116BN3/c1-84(2,3)63-40-60(41-64(48-63)85(4,5)6)58-36-38-74-76(44-58)96(71-51-67(88(13,14)15)50-68(52-71)89(16,17)18)78-55-70(91(22,23)24)56-79-82(78)94(74)75-39-37-59(61-42-65(86(7,8)9)49-66(43-61)87(10,11)12)45-77(75)97(79)83-72(57-34-32-31-33-35-57)53-69(90(19,20)21)54-73(83)62-46-80(92(25,26)27)95-81(47-62)93(28,29)30/h31-56H,1-30H3. The lowest BCUT2D eigenvalue weighted by molar-refractivity contribution is 0.531. The Kier molecular flexibility index (Phi) is 17.3. The minimum absolute atomic E-state index is 0.0565. The molecule has 0 atom stereocenters. The lowest BCUT2D eigenvalue weighted by Gasteiger charge is -2.46. The van der Waals surface area contributed by atoms with Crippen molar-refractivity contribution >= 4 is 57.2 Å². The fraction of sp³-hybridized carbons (Fsp3) is 0.430. The molecule has 0 unspecified atom stereocenters. The minimum Gasteiger partial charge on any atom is -0.311 e. The maximum Gasteiger partial charge on any atom is 0.252 e. The first-order valence-corrected chi connectivity index (χ1v) is 36.2. The molecular weight excluding hydrogens is 1170 g/mol. The topological polar surface area (TPSA) is 19.4 Å². The molecule has 9 aromatic rings. The van der Waals surface area contributed by atoms with Gasteiger partial charge in [-0.05, 0) is 198 Å². The molecule has 97 heavy (non-hydrogen) atoms. The van der Waals surface area contributed by atoms with Gasteiger partial charge in [0.25, 0.3) is 6.71 Å². The quantitative estimate of drug-likeness (QED) is 0.155. The van der Waals surface area contributed by atoms with Crippen LogP contribution in [-0.4, -0.2) is 11.7 Å². The van der Waals surface area contributed by atoms with Crippen LogP contribution < -0.4 is 26.2 Å². The highest BCUT2D eigenvalue weighted by Gasteiger charge is 2.46. The van der Waals surface area contributed by atoms with Crippen molar-refractivity contribution in [2.45, 2.75) is 262 Å². The van der Waals surface area contributed by atoms with Crippen molar-refractivity contribution in [3.8, 4) is 44.5 Å². The Hall–Kier alpha value is -7.43. The molecule has 0 saturated carbocycles. The normalized spacial score (nSPS) is 14.2. The molecule has 0 saturated heterocycles. The molecule has 506 valence electrons. The van der Waals surface area contributed by atoms with Gasteiger partial charge in [-0.2, -0.15) is 0 Å². The number of pyridine rings is 1. The van der Waals surface area contributed by atoms with Crippen LogP contribution in [0.3, 0.4) is 0 Å². The van der Waals surface area contributed by atoms with E-state index in [1.165, 1.54) is 140 Å². The minimum atomic E-state index is -0.268. The van der Waals surface area contributed by atoms with E-state index in [4.69, 9.17) is 4.98 Å². The van der Waals surface area contributed by atoms with Crippen LogP contribution in [0.1, 0.15) is 264 Å². The van der Waals surface area contributed by atoms with Gasteiger partial charge in [0.2, 0.25) is 0 Å². The van der Waals surface area contributed by atoms with E-state index < -0.39 is 0 Å². The second kappa shape index (κ2) is 23.6. The summed E-state index contributed by atoms with van der Waals surface area (Å²) in [6.45, 7) is 70.8. The van der Waals surface area contributed by atoms with Gasteiger partial charge in [0.15, 0.2) is 0 Å². The molecular formula is C93H116BN3. The third-order valence-corrected chi connectivity index (χ3v) is 20.8. The summed E-state index contributed by atoms with van der Waals surface area (Å²) in [5, 5.41) is 0. The van der Waals surface area contributed by atoms with Gasteiger partial charge < -0.3 is 9.80 Å². The summed E-state index contributed by atoms with van der Waals surface area (Å²) in [6, 6.07) is 64.0. The molecule has 2 aliphatic heterocycles. The largest absolute Gasteiger partial charge is 0.311 e. The fourth-order valence-electron chi connectivity index (χ4n) is 14.0. The number of aromatic nitrogens is 1. The molecule has 3 heterocycles. The van der Waals surface area contributed by atoms with E-state index in [-0.39, 0.29) is 60.9 Å². The predicted molar refractivity (Wildman–Crippen MR) is 427 cm³/mol. The zero-order valence-corrected chi connectivity index (χ0v) is 65.4. The molecule has 8 aromatic carbocycles. The smallest absolute Gasteiger partial charge is 0.252 e. The summed E-state index contributed by atoms with van der Waals surface area (Å²) in [7, 11) is 0. The summed E-state index contributed by atoms with van der Waals surface area (Å²) >= 11 is 0. The van der Waals surface area contributed by atoms with Crippen LogP contribution in [0, 0.1) is 0 Å². The van der Waals surface area contributed by atoms with Gasteiger partial charge in [-0.25, -0.2) is 0 Å². The average molecular weight is 1290 g/mol. The van der Waals surface area contributed by atoms with E-state index in [0.29, 0.717) is 0 Å². The molecule has 0 N–H and O–H groups in total. The second-order valence-electron chi connectivity index (χ2n) is 39.4. The number of hydrogen-bond acceptors (Lipinski definition) is 3. The molecule has 0 fully saturated rings. The van der Waals surface area contributed by atoms with Crippen LogP contribution in [0.25, 0.3) is 44.5 Å². The molecule has 2 aliphatic rings. The number of benzene rings is 8. The van der Waals surface area contributed by atoms with Crippen molar-refractivity contribution in [2.75, 3.05) is 9.80 Å². The van der Waals surface area contributed by atoms with Crippen molar-refractivity contribution in [3.05, 3.63) is 214 Å².